The Kier molecular flexibility index (Phi) is 7.46. The van der Waals surface area contributed by atoms with Gasteiger partial charge in [0.2, 0.25) is 12.7 Å². The molecule has 8 nitrogen and oxygen atoms in total. The van der Waals surface area contributed by atoms with E-state index in [9.17, 15) is 18.0 Å². The lowest BCUT2D eigenvalue weighted by atomic mass is 9.93. The third kappa shape index (κ3) is 5.90. The molecule has 2 aliphatic heterocycles. The molecule has 0 saturated heterocycles. The molecule has 1 N–H and O–H groups in total. The van der Waals surface area contributed by atoms with Gasteiger partial charge in [-0.05, 0) is 64.2 Å². The van der Waals surface area contributed by atoms with Crippen molar-refractivity contribution in [1.82, 2.24) is 4.98 Å². The molecule has 0 spiro atoms. The van der Waals surface area contributed by atoms with E-state index in [4.69, 9.17) is 35.4 Å². The average Bonchev–Trinajstić information content (AvgIpc) is 3.61. The molecule has 6 rings (SSSR count). The number of amides is 1. The highest BCUT2D eigenvalue weighted by atomic mass is 35.5. The molecule has 0 fully saturated rings. The van der Waals surface area contributed by atoms with Crippen molar-refractivity contribution < 1.29 is 41.8 Å². The van der Waals surface area contributed by atoms with Crippen molar-refractivity contribution in [3.05, 3.63) is 82.8 Å². The van der Waals surface area contributed by atoms with Gasteiger partial charge < -0.3 is 23.9 Å². The van der Waals surface area contributed by atoms with Crippen molar-refractivity contribution in [2.75, 3.05) is 11.7 Å². The number of oxazole rings is 1. The van der Waals surface area contributed by atoms with E-state index in [-0.39, 0.29) is 12.7 Å². The van der Waals surface area contributed by atoms with Crippen LogP contribution in [0.25, 0.3) is 34.6 Å². The zero-order valence-corrected chi connectivity index (χ0v) is 22.0. The van der Waals surface area contributed by atoms with Gasteiger partial charge in [-0.25, -0.2) is 9.78 Å². The smallest absolute Gasteiger partial charge is 0.475 e. The number of ether oxygens (including phenoxy) is 2. The molecule has 4 aromatic rings. The molecular formula is C29H20ClF3N2O6. The average molecular weight is 585 g/mol. The topological polar surface area (TPSA) is 102 Å². The second kappa shape index (κ2) is 11.0. The summed E-state index contributed by atoms with van der Waals surface area (Å²) in [5, 5.41) is 7.76. The van der Waals surface area contributed by atoms with Crippen LogP contribution in [0.15, 0.2) is 65.5 Å². The number of carboxylic acids is 1. The molecule has 0 saturated carbocycles. The third-order valence-corrected chi connectivity index (χ3v) is 6.57. The summed E-state index contributed by atoms with van der Waals surface area (Å²) in [4.78, 5) is 27.4. The van der Waals surface area contributed by atoms with Crippen LogP contribution in [0, 0.1) is 0 Å². The van der Waals surface area contributed by atoms with E-state index < -0.39 is 12.1 Å². The first kappa shape index (κ1) is 27.8. The van der Waals surface area contributed by atoms with Gasteiger partial charge in [0.15, 0.2) is 23.7 Å². The monoisotopic (exact) mass is 584 g/mol. The van der Waals surface area contributed by atoms with E-state index in [2.05, 4.69) is 29.3 Å². The van der Waals surface area contributed by atoms with Gasteiger partial charge in [0.05, 0.1) is 18.4 Å². The van der Waals surface area contributed by atoms with Gasteiger partial charge in [0.25, 0.3) is 0 Å². The van der Waals surface area contributed by atoms with Crippen molar-refractivity contribution in [3.63, 3.8) is 0 Å². The predicted octanol–water partition coefficient (Wildman–Crippen LogP) is 7.06. The Labute approximate surface area is 236 Å². The summed E-state index contributed by atoms with van der Waals surface area (Å²) in [5.41, 5.74) is 6.53. The first-order chi connectivity index (χ1) is 19.5. The summed E-state index contributed by atoms with van der Waals surface area (Å²) in [7, 11) is 0. The van der Waals surface area contributed by atoms with E-state index >= 15 is 0 Å². The number of anilines is 1. The lowest BCUT2D eigenvalue weighted by Gasteiger charge is -2.26. The summed E-state index contributed by atoms with van der Waals surface area (Å²) in [6, 6.07) is 15.7. The maximum Gasteiger partial charge on any atom is 0.490 e. The van der Waals surface area contributed by atoms with Crippen LogP contribution in [-0.2, 0) is 16.1 Å². The zero-order chi connectivity index (χ0) is 29.3. The molecule has 0 radical (unpaired) electrons. The molecule has 1 amide bonds. The van der Waals surface area contributed by atoms with Gasteiger partial charge in [-0.2, -0.15) is 13.2 Å². The molecule has 0 unspecified atom stereocenters. The highest BCUT2D eigenvalue weighted by Gasteiger charge is 2.38. The first-order valence-electron chi connectivity index (χ1n) is 12.0. The van der Waals surface area contributed by atoms with E-state index in [1.165, 1.54) is 6.39 Å². The Morgan fingerprint density at radius 2 is 1.66 bits per heavy atom. The second-order valence-electron chi connectivity index (χ2n) is 8.97. The lowest BCUT2D eigenvalue weighted by molar-refractivity contribution is -0.192. The minimum Gasteiger partial charge on any atom is -0.475 e. The quantitative estimate of drug-likeness (QED) is 0.269. The first-order valence-corrected chi connectivity index (χ1v) is 12.4. The maximum absolute atomic E-state index is 12.6. The van der Waals surface area contributed by atoms with Crippen LogP contribution in [0.5, 0.6) is 11.5 Å². The molecule has 3 aromatic carbocycles. The fraction of sp³-hybridized carbons (Fsp3) is 0.138. The minimum absolute atomic E-state index is 0.0411. The number of aliphatic carboxylic acids is 1. The molecular weight excluding hydrogens is 565 g/mol. The van der Waals surface area contributed by atoms with Crippen LogP contribution in [0.1, 0.15) is 23.6 Å². The van der Waals surface area contributed by atoms with E-state index in [1.807, 2.05) is 30.3 Å². The van der Waals surface area contributed by atoms with Crippen molar-refractivity contribution in [3.8, 4) is 33.9 Å². The number of fused-ring (bicyclic) bond motifs is 3. The largest absolute Gasteiger partial charge is 0.490 e. The highest BCUT2D eigenvalue weighted by Crippen LogP contribution is 2.43. The molecule has 0 atom stereocenters. The lowest BCUT2D eigenvalue weighted by Crippen LogP contribution is -2.29. The Morgan fingerprint density at radius 1 is 0.976 bits per heavy atom. The third-order valence-electron chi connectivity index (χ3n) is 6.34. The molecule has 0 aliphatic carbocycles. The number of halogens is 4. The van der Waals surface area contributed by atoms with Gasteiger partial charge in [0, 0.05) is 17.5 Å². The minimum atomic E-state index is -5.08. The number of aromatic nitrogens is 1. The molecule has 41 heavy (non-hydrogen) atoms. The summed E-state index contributed by atoms with van der Waals surface area (Å²) in [6.07, 6.45) is 2.05. The van der Waals surface area contributed by atoms with E-state index in [0.717, 1.165) is 39.1 Å². The van der Waals surface area contributed by atoms with Crippen molar-refractivity contribution >= 4 is 41.3 Å². The van der Waals surface area contributed by atoms with Crippen LogP contribution in [0.2, 0.25) is 5.02 Å². The Morgan fingerprint density at radius 3 is 2.29 bits per heavy atom. The summed E-state index contributed by atoms with van der Waals surface area (Å²) >= 11 is 6.22. The van der Waals surface area contributed by atoms with Gasteiger partial charge >= 0.3 is 12.1 Å². The van der Waals surface area contributed by atoms with Gasteiger partial charge in [0.1, 0.15) is 0 Å². The standard InChI is InChI=1S/C27H19ClN2O4.C2HF3O2/c1-16(31)30-13-20-8-18(4-2-17(20)3-5-19-9-21(28)6-7-24(19)30)22-10-25-26(34-15-33-25)11-23(22)27-12-29-14-32-27;3-2(4,5)1(6)7/h2-12,14H,13,15H2,1H3;(H,6,7)/b5-3-;. The molecule has 210 valence electrons. The normalized spacial score (nSPS) is 14.1. The number of nitrogens with zero attached hydrogens (tertiary/aromatic N) is 2. The number of alkyl halides is 3. The van der Waals surface area contributed by atoms with Gasteiger partial charge in [-0.15, -0.1) is 0 Å². The predicted molar refractivity (Wildman–Crippen MR) is 144 cm³/mol. The fourth-order valence-electron chi connectivity index (χ4n) is 4.43. The number of benzene rings is 3. The van der Waals surface area contributed by atoms with Crippen LogP contribution in [0.3, 0.4) is 0 Å². The van der Waals surface area contributed by atoms with Crippen molar-refractivity contribution in [1.29, 1.82) is 0 Å². The Bertz CT molecular complexity index is 1670. The molecule has 2 aliphatic rings. The molecule has 1 aromatic heterocycles. The fourth-order valence-corrected chi connectivity index (χ4v) is 4.61. The van der Waals surface area contributed by atoms with Crippen LogP contribution >= 0.6 is 11.6 Å². The zero-order valence-electron chi connectivity index (χ0n) is 21.2. The Balaban J connectivity index is 0.000000431. The van der Waals surface area contributed by atoms with Crippen LogP contribution in [-0.4, -0.2) is 34.9 Å². The number of rotatable bonds is 2. The van der Waals surface area contributed by atoms with Crippen molar-refractivity contribution in [2.24, 2.45) is 0 Å². The maximum atomic E-state index is 12.6. The summed E-state index contributed by atoms with van der Waals surface area (Å²) in [6.45, 7) is 2.19. The number of carboxylic acid groups (broad SMARTS) is 1. The second-order valence-corrected chi connectivity index (χ2v) is 9.41. The molecule has 3 heterocycles. The van der Waals surface area contributed by atoms with Crippen LogP contribution in [0.4, 0.5) is 18.9 Å². The molecule has 0 bridgehead atoms. The number of carbonyl (C=O) groups excluding carboxylic acids is 1. The van der Waals surface area contributed by atoms with Crippen LogP contribution < -0.4 is 14.4 Å². The van der Waals surface area contributed by atoms with Crippen molar-refractivity contribution in [2.45, 2.75) is 19.6 Å². The van der Waals surface area contributed by atoms with Gasteiger partial charge in [-0.3, -0.25) is 4.79 Å². The summed E-state index contributed by atoms with van der Waals surface area (Å²) < 4.78 is 48.6. The number of hydrogen-bond donors (Lipinski definition) is 1. The SMILES string of the molecule is CC(=O)N1Cc2cc(-c3cc4c(cc3-c3cnco3)OCO4)ccc2/C=C\c2cc(Cl)ccc21.O=C(O)C(F)(F)F. The van der Waals surface area contributed by atoms with E-state index in [0.29, 0.717) is 28.8 Å². The summed E-state index contributed by atoms with van der Waals surface area (Å²) in [5.74, 6) is -0.812. The Hall–Kier alpha value is -4.77. The highest BCUT2D eigenvalue weighted by molar-refractivity contribution is 6.31. The molecule has 12 heteroatoms. The van der Waals surface area contributed by atoms with Gasteiger partial charge in [-0.1, -0.05) is 35.9 Å². The number of carbonyl (C=O) groups is 2. The number of hydrogen-bond acceptors (Lipinski definition) is 6. The van der Waals surface area contributed by atoms with E-state index in [1.54, 1.807) is 24.1 Å².